The second-order valence-electron chi connectivity index (χ2n) is 10.2. The summed E-state index contributed by atoms with van der Waals surface area (Å²) in [5.74, 6) is -0.0369. The molecule has 2 N–H and O–H groups in total. The van der Waals surface area contributed by atoms with Crippen molar-refractivity contribution in [2.45, 2.75) is 27.7 Å². The van der Waals surface area contributed by atoms with Crippen molar-refractivity contribution in [2.24, 2.45) is 0 Å². The van der Waals surface area contributed by atoms with E-state index in [1.54, 1.807) is 36.0 Å². The molecular weight excluding hydrogens is 866 g/mol. The zero-order valence-electron chi connectivity index (χ0n) is 25.6. The van der Waals surface area contributed by atoms with Gasteiger partial charge in [0.1, 0.15) is 0 Å². The predicted molar refractivity (Wildman–Crippen MR) is 205 cm³/mol. The van der Waals surface area contributed by atoms with Gasteiger partial charge in [0.05, 0.1) is 22.5 Å². The van der Waals surface area contributed by atoms with Crippen molar-refractivity contribution in [3.8, 4) is 0 Å². The van der Waals surface area contributed by atoms with E-state index in [1.165, 1.54) is 7.14 Å². The lowest BCUT2D eigenvalue weighted by molar-refractivity contribution is 0.0773. The fourth-order valence-corrected chi connectivity index (χ4v) is 6.18. The van der Waals surface area contributed by atoms with Crippen molar-refractivity contribution < 1.29 is 9.59 Å². The van der Waals surface area contributed by atoms with Crippen molar-refractivity contribution in [1.82, 2.24) is 9.80 Å². The maximum atomic E-state index is 12.7. The monoisotopic (exact) mass is 900 g/mol. The van der Waals surface area contributed by atoms with Crippen LogP contribution in [0.3, 0.4) is 0 Å². The van der Waals surface area contributed by atoms with Gasteiger partial charge in [-0.25, -0.2) is 0 Å². The minimum atomic E-state index is -0.0260. The first-order valence-corrected chi connectivity index (χ1v) is 17.3. The van der Waals surface area contributed by atoms with Gasteiger partial charge in [0.2, 0.25) is 0 Å². The minimum absolute atomic E-state index is 0.0110. The number of carbonyl (C=O) groups is 2. The lowest BCUT2D eigenvalue weighted by Gasteiger charge is -2.21. The van der Waals surface area contributed by atoms with E-state index < -0.39 is 0 Å². The molecule has 0 aliphatic carbocycles. The molecule has 44 heavy (non-hydrogen) atoms. The quantitative estimate of drug-likeness (QED) is 0.173. The topological polar surface area (TPSA) is 64.7 Å². The van der Waals surface area contributed by atoms with Crippen molar-refractivity contribution in [3.05, 3.63) is 112 Å². The number of anilines is 4. The van der Waals surface area contributed by atoms with Crippen molar-refractivity contribution in [2.75, 3.05) is 37.8 Å². The SMILES string of the molecule is CCN(CC)C(=O)c1cc(Cl)ccc1Nc1ccc(I)cc1C.Cc1cc(I)ccc1Nc1ccc(Br)cc1C(=O)N(C)C. The number of benzene rings is 4. The maximum Gasteiger partial charge on any atom is 0.255 e. The molecule has 0 saturated carbocycles. The molecule has 0 fully saturated rings. The molecule has 2 amide bonds. The largest absolute Gasteiger partial charge is 0.355 e. The van der Waals surface area contributed by atoms with Gasteiger partial charge in [-0.3, -0.25) is 9.59 Å². The Morgan fingerprint density at radius 1 is 0.705 bits per heavy atom. The second kappa shape index (κ2) is 16.8. The van der Waals surface area contributed by atoms with Crippen LogP contribution in [0.25, 0.3) is 0 Å². The van der Waals surface area contributed by atoms with E-state index in [0.29, 0.717) is 29.2 Å². The standard InChI is InChI=1S/C18H20ClIN2O.C16H16BrIN2O/c1-4-22(5-2)18(23)15-11-13(19)6-8-17(15)21-16-9-7-14(20)10-12(16)3;1-10-8-12(18)5-7-14(10)19-15-6-4-11(17)9-13(15)16(21)20(2)3/h6-11,21H,4-5H2,1-3H3;4-9,19H,1-3H3. The highest BCUT2D eigenvalue weighted by molar-refractivity contribution is 14.1. The van der Waals surface area contributed by atoms with Crippen LogP contribution in [0, 0.1) is 21.0 Å². The number of halogens is 4. The summed E-state index contributed by atoms with van der Waals surface area (Å²) in [6.45, 7) is 9.39. The van der Waals surface area contributed by atoms with Gasteiger partial charge in [-0.15, -0.1) is 0 Å². The van der Waals surface area contributed by atoms with Gasteiger partial charge in [-0.05, 0) is 157 Å². The van der Waals surface area contributed by atoms with Crippen LogP contribution in [0.15, 0.2) is 77.3 Å². The Bertz CT molecular complexity index is 1640. The summed E-state index contributed by atoms with van der Waals surface area (Å²) < 4.78 is 3.26. The maximum absolute atomic E-state index is 12.7. The average Bonchev–Trinajstić information content (AvgIpc) is 2.98. The number of aryl methyl sites for hydroxylation is 2. The number of carbonyl (C=O) groups excluding carboxylic acids is 2. The third-order valence-electron chi connectivity index (χ3n) is 6.80. The summed E-state index contributed by atoms with van der Waals surface area (Å²) >= 11 is 14.1. The highest BCUT2D eigenvalue weighted by atomic mass is 127. The number of nitrogens with zero attached hydrogens (tertiary/aromatic N) is 2. The minimum Gasteiger partial charge on any atom is -0.355 e. The molecule has 0 atom stereocenters. The van der Waals surface area contributed by atoms with E-state index in [9.17, 15) is 9.59 Å². The normalized spacial score (nSPS) is 10.4. The number of amides is 2. The Labute approximate surface area is 301 Å². The first kappa shape index (κ1) is 36.1. The molecule has 10 heteroatoms. The Morgan fingerprint density at radius 2 is 1.16 bits per heavy atom. The van der Waals surface area contributed by atoms with Gasteiger partial charge in [0.15, 0.2) is 0 Å². The second-order valence-corrected chi connectivity index (χ2v) is 14.1. The van der Waals surface area contributed by atoms with E-state index >= 15 is 0 Å². The number of nitrogens with one attached hydrogen (secondary N) is 2. The molecule has 0 radical (unpaired) electrons. The molecular formula is C34H36BrClI2N4O2. The van der Waals surface area contributed by atoms with Gasteiger partial charge in [-0.1, -0.05) is 27.5 Å². The molecule has 4 rings (SSSR count). The Balaban J connectivity index is 0.000000241. The first-order chi connectivity index (χ1) is 20.8. The van der Waals surface area contributed by atoms with Crippen LogP contribution >= 0.6 is 72.7 Å². The van der Waals surface area contributed by atoms with Crippen LogP contribution in [0.4, 0.5) is 22.7 Å². The smallest absolute Gasteiger partial charge is 0.255 e. The number of hydrogen-bond donors (Lipinski definition) is 2. The molecule has 6 nitrogen and oxygen atoms in total. The van der Waals surface area contributed by atoms with Crippen LogP contribution in [0.5, 0.6) is 0 Å². The zero-order valence-corrected chi connectivity index (χ0v) is 32.2. The molecule has 0 unspecified atom stereocenters. The van der Waals surface area contributed by atoms with E-state index in [4.69, 9.17) is 11.6 Å². The van der Waals surface area contributed by atoms with Crippen molar-refractivity contribution >= 4 is 107 Å². The molecule has 0 aromatic heterocycles. The first-order valence-electron chi connectivity index (χ1n) is 14.0. The van der Waals surface area contributed by atoms with Gasteiger partial charge >= 0.3 is 0 Å². The molecule has 0 spiro atoms. The fraction of sp³-hybridized carbons (Fsp3) is 0.235. The molecule has 0 heterocycles. The lowest BCUT2D eigenvalue weighted by atomic mass is 10.1. The highest BCUT2D eigenvalue weighted by Crippen LogP contribution is 2.29. The van der Waals surface area contributed by atoms with E-state index in [0.717, 1.165) is 38.3 Å². The third kappa shape index (κ3) is 9.82. The summed E-state index contributed by atoms with van der Waals surface area (Å²) in [5.41, 5.74) is 7.09. The fourth-order valence-electron chi connectivity index (χ4n) is 4.35. The summed E-state index contributed by atoms with van der Waals surface area (Å²) in [6.07, 6.45) is 0. The molecule has 4 aromatic carbocycles. The van der Waals surface area contributed by atoms with Crippen LogP contribution in [0.2, 0.25) is 5.02 Å². The summed E-state index contributed by atoms with van der Waals surface area (Å²) in [7, 11) is 3.51. The third-order valence-corrected chi connectivity index (χ3v) is 8.87. The van der Waals surface area contributed by atoms with E-state index in [2.05, 4.69) is 90.8 Å². The Kier molecular flexibility index (Phi) is 13.8. The summed E-state index contributed by atoms with van der Waals surface area (Å²) in [5, 5.41) is 7.29. The van der Waals surface area contributed by atoms with Crippen molar-refractivity contribution in [3.63, 3.8) is 0 Å². The molecule has 232 valence electrons. The van der Waals surface area contributed by atoms with Crippen LogP contribution < -0.4 is 10.6 Å². The number of rotatable bonds is 8. The molecule has 0 bridgehead atoms. The Hall–Kier alpha value is -2.35. The van der Waals surface area contributed by atoms with Gasteiger partial charge < -0.3 is 20.4 Å². The summed E-state index contributed by atoms with van der Waals surface area (Å²) in [4.78, 5) is 28.4. The predicted octanol–water partition coefficient (Wildman–Crippen LogP) is 10.3. The van der Waals surface area contributed by atoms with Crippen LogP contribution in [-0.4, -0.2) is 48.8 Å². The highest BCUT2D eigenvalue weighted by Gasteiger charge is 2.18. The average molecular weight is 902 g/mol. The zero-order chi connectivity index (χ0) is 32.6. The number of hydrogen-bond acceptors (Lipinski definition) is 4. The molecule has 0 saturated heterocycles. The molecule has 4 aromatic rings. The van der Waals surface area contributed by atoms with E-state index in [-0.39, 0.29) is 11.8 Å². The van der Waals surface area contributed by atoms with E-state index in [1.807, 2.05) is 69.3 Å². The van der Waals surface area contributed by atoms with Gasteiger partial charge in [-0.2, -0.15) is 0 Å². The summed E-state index contributed by atoms with van der Waals surface area (Å²) in [6, 6.07) is 23.4. The van der Waals surface area contributed by atoms with Crippen LogP contribution in [-0.2, 0) is 0 Å². The van der Waals surface area contributed by atoms with Crippen molar-refractivity contribution in [1.29, 1.82) is 0 Å². The molecule has 0 aliphatic rings. The molecule has 0 aliphatic heterocycles. The van der Waals surface area contributed by atoms with Gasteiger partial charge in [0.25, 0.3) is 11.8 Å². The van der Waals surface area contributed by atoms with Gasteiger partial charge in [0, 0.05) is 55.2 Å². The Morgan fingerprint density at radius 3 is 1.61 bits per heavy atom. The lowest BCUT2D eigenvalue weighted by Crippen LogP contribution is -2.31. The van der Waals surface area contributed by atoms with Crippen LogP contribution in [0.1, 0.15) is 45.7 Å².